The minimum Gasteiger partial charge on any atom is -0.481 e. The van der Waals surface area contributed by atoms with Gasteiger partial charge in [0.15, 0.2) is 0 Å². The van der Waals surface area contributed by atoms with E-state index in [1.165, 1.54) is 19.9 Å². The molecule has 0 saturated heterocycles. The van der Waals surface area contributed by atoms with E-state index in [1.54, 1.807) is 0 Å². The number of aliphatic carboxylic acids is 1. The van der Waals surface area contributed by atoms with Gasteiger partial charge in [0.1, 0.15) is 17.5 Å². The Morgan fingerprint density at radius 3 is 2.19 bits per heavy atom. The van der Waals surface area contributed by atoms with Crippen LogP contribution in [-0.2, 0) is 11.0 Å². The van der Waals surface area contributed by atoms with Gasteiger partial charge in [-0.1, -0.05) is 6.07 Å². The molecule has 0 fully saturated rings. The number of carbonyl (C=O) groups is 1. The summed E-state index contributed by atoms with van der Waals surface area (Å²) in [4.78, 5) is 10.8. The second-order valence-corrected chi connectivity index (χ2v) is 6.15. The van der Waals surface area contributed by atoms with Gasteiger partial charge in [-0.2, -0.15) is 13.2 Å². The molecular formula is C18H15F6NO2. The summed E-state index contributed by atoms with van der Waals surface area (Å²) in [6, 6.07) is 0.695. The van der Waals surface area contributed by atoms with Crippen molar-refractivity contribution in [2.45, 2.75) is 32.5 Å². The monoisotopic (exact) mass is 391 g/mol. The molecule has 3 nitrogen and oxygen atoms in total. The molecule has 2 aromatic carbocycles. The Balaban J connectivity index is 2.89. The number of hydrogen-bond acceptors (Lipinski definition) is 2. The summed E-state index contributed by atoms with van der Waals surface area (Å²) in [5, 5.41) is 8.75. The highest BCUT2D eigenvalue weighted by molar-refractivity contribution is 5.72. The lowest BCUT2D eigenvalue weighted by Gasteiger charge is -2.20. The first-order valence-electron chi connectivity index (χ1n) is 7.68. The summed E-state index contributed by atoms with van der Waals surface area (Å²) >= 11 is 0. The maximum Gasteiger partial charge on any atom is 0.419 e. The molecule has 3 N–H and O–H groups in total. The third-order valence-corrected chi connectivity index (χ3v) is 4.01. The molecule has 0 radical (unpaired) electrons. The van der Waals surface area contributed by atoms with E-state index in [-0.39, 0.29) is 11.6 Å². The van der Waals surface area contributed by atoms with Crippen molar-refractivity contribution in [2.75, 3.05) is 0 Å². The number of nitrogens with two attached hydrogens (primary N) is 1. The molecule has 1 unspecified atom stereocenters. The number of carboxylic acid groups (broad SMARTS) is 1. The summed E-state index contributed by atoms with van der Waals surface area (Å²) in [6.45, 7) is 2.90. The Morgan fingerprint density at radius 1 is 1.11 bits per heavy atom. The molecular weight excluding hydrogens is 376 g/mol. The summed E-state index contributed by atoms with van der Waals surface area (Å²) in [7, 11) is 0. The summed E-state index contributed by atoms with van der Waals surface area (Å²) < 4.78 is 83.3. The van der Waals surface area contributed by atoms with Crippen molar-refractivity contribution in [2.24, 2.45) is 5.73 Å². The van der Waals surface area contributed by atoms with Gasteiger partial charge in [0.2, 0.25) is 0 Å². The van der Waals surface area contributed by atoms with Gasteiger partial charge in [0, 0.05) is 22.7 Å². The van der Waals surface area contributed by atoms with Crippen molar-refractivity contribution in [3.05, 3.63) is 57.9 Å². The topological polar surface area (TPSA) is 63.3 Å². The predicted molar refractivity (Wildman–Crippen MR) is 85.4 cm³/mol. The fourth-order valence-electron chi connectivity index (χ4n) is 2.92. The van der Waals surface area contributed by atoms with Gasteiger partial charge in [0.25, 0.3) is 0 Å². The summed E-state index contributed by atoms with van der Waals surface area (Å²) in [5.41, 5.74) is 1.60. The molecule has 2 rings (SSSR count). The number of halogens is 6. The van der Waals surface area contributed by atoms with E-state index in [9.17, 15) is 31.1 Å². The number of benzene rings is 2. The van der Waals surface area contributed by atoms with E-state index in [0.29, 0.717) is 5.56 Å². The second kappa shape index (κ2) is 7.22. The minimum atomic E-state index is -5.22. The number of alkyl halides is 3. The van der Waals surface area contributed by atoms with Gasteiger partial charge in [-0.05, 0) is 37.1 Å². The van der Waals surface area contributed by atoms with Gasteiger partial charge >= 0.3 is 12.1 Å². The van der Waals surface area contributed by atoms with E-state index in [1.807, 2.05) is 0 Å². The highest BCUT2D eigenvalue weighted by Crippen LogP contribution is 2.41. The second-order valence-electron chi connectivity index (χ2n) is 6.15. The molecule has 27 heavy (non-hydrogen) atoms. The molecule has 0 bridgehead atoms. The van der Waals surface area contributed by atoms with Gasteiger partial charge in [-0.3, -0.25) is 4.79 Å². The predicted octanol–water partition coefficient (Wildman–Crippen LogP) is 4.88. The molecule has 0 aliphatic heterocycles. The fourth-order valence-corrected chi connectivity index (χ4v) is 2.92. The lowest BCUT2D eigenvalue weighted by molar-refractivity contribution is -0.140. The van der Waals surface area contributed by atoms with Crippen LogP contribution in [0.4, 0.5) is 26.3 Å². The van der Waals surface area contributed by atoms with E-state index in [2.05, 4.69) is 0 Å². The Hall–Kier alpha value is -2.55. The molecule has 0 aliphatic carbocycles. The normalized spacial score (nSPS) is 12.9. The molecule has 146 valence electrons. The molecule has 0 saturated carbocycles. The zero-order chi connectivity index (χ0) is 20.7. The average Bonchev–Trinajstić information content (AvgIpc) is 2.46. The van der Waals surface area contributed by atoms with Crippen LogP contribution in [0.2, 0.25) is 0 Å². The van der Waals surface area contributed by atoms with Crippen LogP contribution >= 0.6 is 0 Å². The third kappa shape index (κ3) is 4.08. The third-order valence-electron chi connectivity index (χ3n) is 4.01. The minimum absolute atomic E-state index is 0.129. The number of carboxylic acids is 1. The molecule has 0 aromatic heterocycles. The van der Waals surface area contributed by atoms with Crippen LogP contribution in [0.3, 0.4) is 0 Å². The van der Waals surface area contributed by atoms with Gasteiger partial charge < -0.3 is 10.8 Å². The van der Waals surface area contributed by atoms with Crippen molar-refractivity contribution >= 4 is 5.97 Å². The molecule has 0 aliphatic rings. The zero-order valence-corrected chi connectivity index (χ0v) is 14.2. The van der Waals surface area contributed by atoms with Crippen LogP contribution < -0.4 is 5.73 Å². The molecule has 9 heteroatoms. The Labute approximate surface area is 150 Å². The average molecular weight is 391 g/mol. The van der Waals surface area contributed by atoms with Crippen LogP contribution in [0, 0.1) is 31.3 Å². The first-order chi connectivity index (χ1) is 12.3. The molecule has 0 heterocycles. The fraction of sp³-hybridized carbons (Fsp3) is 0.278. The Morgan fingerprint density at radius 2 is 1.70 bits per heavy atom. The van der Waals surface area contributed by atoms with Gasteiger partial charge in [0.05, 0.1) is 12.0 Å². The van der Waals surface area contributed by atoms with Crippen LogP contribution in [0.15, 0.2) is 18.2 Å². The number of hydrogen-bond donors (Lipinski definition) is 2. The van der Waals surface area contributed by atoms with Crippen molar-refractivity contribution in [1.82, 2.24) is 0 Å². The van der Waals surface area contributed by atoms with Crippen LogP contribution in [0.5, 0.6) is 0 Å². The van der Waals surface area contributed by atoms with Gasteiger partial charge in [-0.25, -0.2) is 13.2 Å². The first-order valence-corrected chi connectivity index (χ1v) is 7.68. The SMILES string of the molecule is Cc1cc(C)c(-c2cc(C(F)(F)F)c(F)c(C(N)CC(=O)O)c2F)c(F)c1. The van der Waals surface area contributed by atoms with Crippen LogP contribution in [0.1, 0.15) is 34.7 Å². The highest BCUT2D eigenvalue weighted by Gasteiger charge is 2.39. The largest absolute Gasteiger partial charge is 0.481 e. The van der Waals surface area contributed by atoms with E-state index < -0.39 is 64.3 Å². The zero-order valence-electron chi connectivity index (χ0n) is 14.2. The Kier molecular flexibility index (Phi) is 5.55. The number of aryl methyl sites for hydroxylation is 2. The molecule has 2 aromatic rings. The maximum atomic E-state index is 14.9. The Bertz CT molecular complexity index is 885. The van der Waals surface area contributed by atoms with E-state index in [4.69, 9.17) is 10.8 Å². The lowest BCUT2D eigenvalue weighted by Crippen LogP contribution is -2.21. The van der Waals surface area contributed by atoms with Crippen LogP contribution in [-0.4, -0.2) is 11.1 Å². The summed E-state index contributed by atoms with van der Waals surface area (Å²) in [5.74, 6) is -6.09. The first kappa shape index (κ1) is 20.8. The smallest absolute Gasteiger partial charge is 0.419 e. The maximum absolute atomic E-state index is 14.9. The van der Waals surface area contributed by atoms with Crippen molar-refractivity contribution in [3.63, 3.8) is 0 Å². The van der Waals surface area contributed by atoms with E-state index in [0.717, 1.165) is 6.07 Å². The standard InChI is InChI=1S/C18H15F6NO2/c1-7-3-8(2)14(11(19)4-7)9-5-10(18(22,23)24)17(21)15(16(9)20)12(25)6-13(26)27/h3-5,12H,6,25H2,1-2H3,(H,26,27). The molecule has 0 amide bonds. The van der Waals surface area contributed by atoms with Crippen molar-refractivity contribution in [3.8, 4) is 11.1 Å². The lowest BCUT2D eigenvalue weighted by atomic mass is 9.90. The quantitative estimate of drug-likeness (QED) is 0.730. The van der Waals surface area contributed by atoms with Gasteiger partial charge in [-0.15, -0.1) is 0 Å². The molecule has 0 spiro atoms. The summed E-state index contributed by atoms with van der Waals surface area (Å²) in [6.07, 6.45) is -6.23. The van der Waals surface area contributed by atoms with Crippen molar-refractivity contribution < 1.29 is 36.2 Å². The molecule has 1 atom stereocenters. The number of rotatable bonds is 4. The van der Waals surface area contributed by atoms with Crippen LogP contribution in [0.25, 0.3) is 11.1 Å². The highest BCUT2D eigenvalue weighted by atomic mass is 19.4. The van der Waals surface area contributed by atoms with Crippen molar-refractivity contribution in [1.29, 1.82) is 0 Å². The van der Waals surface area contributed by atoms with E-state index >= 15 is 0 Å².